The molecule has 0 aliphatic heterocycles. The number of amides is 1. The number of ether oxygens (including phenoxy) is 1. The van der Waals surface area contributed by atoms with E-state index in [9.17, 15) is 24.9 Å². The predicted octanol–water partition coefficient (Wildman–Crippen LogP) is 1.93. The third kappa shape index (κ3) is 5.06. The molecule has 26 heavy (non-hydrogen) atoms. The molecule has 3 atom stereocenters. The normalized spacial score (nSPS) is 23.1. The summed E-state index contributed by atoms with van der Waals surface area (Å²) in [7, 11) is 0. The Morgan fingerprint density at radius 3 is 2.35 bits per heavy atom. The van der Waals surface area contributed by atoms with Crippen molar-refractivity contribution in [3.63, 3.8) is 0 Å². The number of rotatable bonds is 4. The average molecular weight is 363 g/mol. The molecule has 1 amide bonds. The Morgan fingerprint density at radius 2 is 1.81 bits per heavy atom. The third-order valence-corrected chi connectivity index (χ3v) is 4.00. The molecule has 1 aliphatic carbocycles. The molecule has 0 aromatic heterocycles. The molecule has 3 N–H and O–H groups in total. The number of nitrogens with zero attached hydrogens (tertiary/aromatic N) is 1. The van der Waals surface area contributed by atoms with Crippen LogP contribution in [0.4, 0.5) is 4.79 Å². The lowest BCUT2D eigenvalue weighted by molar-refractivity contribution is -0.134. The predicted molar refractivity (Wildman–Crippen MR) is 94.4 cm³/mol. The number of benzene rings is 1. The summed E-state index contributed by atoms with van der Waals surface area (Å²) in [6, 6.07) is 8.07. The van der Waals surface area contributed by atoms with Crippen molar-refractivity contribution >= 4 is 12.1 Å². The van der Waals surface area contributed by atoms with Gasteiger partial charge < -0.3 is 20.1 Å². The van der Waals surface area contributed by atoms with Crippen LogP contribution in [0, 0.1) is 0 Å². The number of carboxylic acid groups (broad SMARTS) is 1. The van der Waals surface area contributed by atoms with Gasteiger partial charge in [-0.3, -0.25) is 4.90 Å². The number of carbonyl (C=O) groups excluding carboxylic acids is 1. The zero-order chi connectivity index (χ0) is 19.5. The third-order valence-electron chi connectivity index (χ3n) is 4.00. The smallest absolute Gasteiger partial charge is 0.411 e. The second kappa shape index (κ2) is 7.88. The van der Waals surface area contributed by atoms with Gasteiger partial charge in [-0.25, -0.2) is 9.59 Å². The van der Waals surface area contributed by atoms with E-state index >= 15 is 0 Å². The minimum absolute atomic E-state index is 0.0468. The molecule has 0 bridgehead atoms. The summed E-state index contributed by atoms with van der Waals surface area (Å²) in [6.07, 6.45) is -2.15. The summed E-state index contributed by atoms with van der Waals surface area (Å²) >= 11 is 0. The van der Waals surface area contributed by atoms with Crippen LogP contribution in [0.2, 0.25) is 0 Å². The van der Waals surface area contributed by atoms with E-state index in [0.29, 0.717) is 0 Å². The lowest BCUT2D eigenvalue weighted by Gasteiger charge is -2.38. The van der Waals surface area contributed by atoms with E-state index in [0.717, 1.165) is 5.56 Å². The molecule has 0 spiro atoms. The summed E-state index contributed by atoms with van der Waals surface area (Å²) in [5.41, 5.74) is -0.0193. The maximum absolute atomic E-state index is 12.7. The van der Waals surface area contributed by atoms with Gasteiger partial charge in [-0.15, -0.1) is 0 Å². The van der Waals surface area contributed by atoms with Gasteiger partial charge in [-0.05, 0) is 32.4 Å². The lowest BCUT2D eigenvalue weighted by Crippen LogP contribution is -2.53. The van der Waals surface area contributed by atoms with E-state index in [4.69, 9.17) is 4.74 Å². The molecule has 1 aromatic carbocycles. The van der Waals surface area contributed by atoms with Crippen LogP contribution in [-0.4, -0.2) is 56.1 Å². The molecule has 7 nitrogen and oxygen atoms in total. The molecular weight excluding hydrogens is 338 g/mol. The highest BCUT2D eigenvalue weighted by Crippen LogP contribution is 2.26. The minimum Gasteiger partial charge on any atom is -0.478 e. The summed E-state index contributed by atoms with van der Waals surface area (Å²) in [5, 5.41) is 29.7. The van der Waals surface area contributed by atoms with Crippen LogP contribution >= 0.6 is 0 Å². The van der Waals surface area contributed by atoms with Crippen LogP contribution in [0.1, 0.15) is 32.8 Å². The highest BCUT2D eigenvalue weighted by molar-refractivity contribution is 5.87. The summed E-state index contributed by atoms with van der Waals surface area (Å²) in [5.74, 6) is -1.19. The number of aliphatic hydroxyl groups is 2. The second-order valence-corrected chi connectivity index (χ2v) is 7.34. The largest absolute Gasteiger partial charge is 0.478 e. The van der Waals surface area contributed by atoms with Crippen LogP contribution in [0.3, 0.4) is 0 Å². The number of hydrogen-bond donors (Lipinski definition) is 3. The second-order valence-electron chi connectivity index (χ2n) is 7.34. The molecule has 0 heterocycles. The van der Waals surface area contributed by atoms with Crippen molar-refractivity contribution in [2.75, 3.05) is 0 Å². The first kappa shape index (κ1) is 19.9. The first-order chi connectivity index (χ1) is 12.1. The fourth-order valence-electron chi connectivity index (χ4n) is 2.77. The Morgan fingerprint density at radius 1 is 1.19 bits per heavy atom. The van der Waals surface area contributed by atoms with Crippen LogP contribution in [-0.2, 0) is 16.1 Å². The summed E-state index contributed by atoms with van der Waals surface area (Å²) < 4.78 is 5.42. The van der Waals surface area contributed by atoms with Gasteiger partial charge in [-0.2, -0.15) is 0 Å². The first-order valence-corrected chi connectivity index (χ1v) is 8.42. The Kier molecular flexibility index (Phi) is 6.05. The molecule has 0 saturated heterocycles. The molecule has 0 fully saturated rings. The monoisotopic (exact) mass is 363 g/mol. The van der Waals surface area contributed by atoms with Gasteiger partial charge in [-0.1, -0.05) is 30.3 Å². The van der Waals surface area contributed by atoms with Crippen molar-refractivity contribution in [1.82, 2.24) is 4.90 Å². The Labute approximate surface area is 152 Å². The van der Waals surface area contributed by atoms with Crippen LogP contribution < -0.4 is 0 Å². The van der Waals surface area contributed by atoms with Gasteiger partial charge >= 0.3 is 12.1 Å². The number of carboxylic acids is 1. The van der Waals surface area contributed by atoms with E-state index in [2.05, 4.69) is 0 Å². The van der Waals surface area contributed by atoms with E-state index in [1.807, 2.05) is 30.3 Å². The summed E-state index contributed by atoms with van der Waals surface area (Å²) in [6.45, 7) is 5.26. The average Bonchev–Trinajstić information content (AvgIpc) is 2.54. The molecule has 0 radical (unpaired) electrons. The van der Waals surface area contributed by atoms with Gasteiger partial charge in [0.2, 0.25) is 0 Å². The van der Waals surface area contributed by atoms with E-state index in [-0.39, 0.29) is 18.5 Å². The van der Waals surface area contributed by atoms with Gasteiger partial charge in [0.05, 0.1) is 12.1 Å². The Balaban J connectivity index is 2.39. The van der Waals surface area contributed by atoms with Crippen LogP contribution in [0.25, 0.3) is 0 Å². The maximum Gasteiger partial charge on any atom is 0.411 e. The van der Waals surface area contributed by atoms with Gasteiger partial charge in [0, 0.05) is 18.5 Å². The standard InChI is InChI=1S/C19H25NO6/c1-19(2,3)26-18(25)20(11-12-7-5-4-6-8-12)14-9-13(17(23)24)10-15(21)16(14)22/h4-9,14-16,21-22H,10-11H2,1-3H3,(H,23,24)/t14-,15-,16+/m1/s1. The van der Waals surface area contributed by atoms with Gasteiger partial charge in [0.1, 0.15) is 11.7 Å². The minimum atomic E-state index is -1.31. The molecule has 142 valence electrons. The Bertz CT molecular complexity index is 679. The number of aliphatic carboxylic acids is 1. The molecule has 0 saturated carbocycles. The number of aliphatic hydroxyl groups excluding tert-OH is 2. The highest BCUT2D eigenvalue weighted by atomic mass is 16.6. The lowest BCUT2D eigenvalue weighted by atomic mass is 9.89. The zero-order valence-electron chi connectivity index (χ0n) is 15.1. The Hall–Kier alpha value is -2.38. The molecule has 1 aromatic rings. The van der Waals surface area contributed by atoms with E-state index < -0.39 is 35.9 Å². The molecule has 2 rings (SSSR count). The zero-order valence-corrected chi connectivity index (χ0v) is 15.1. The van der Waals surface area contributed by atoms with Crippen molar-refractivity contribution in [2.24, 2.45) is 0 Å². The van der Waals surface area contributed by atoms with E-state index in [1.165, 1.54) is 11.0 Å². The topological polar surface area (TPSA) is 107 Å². The fourth-order valence-corrected chi connectivity index (χ4v) is 2.77. The molecular formula is C19H25NO6. The van der Waals surface area contributed by atoms with Crippen molar-refractivity contribution in [3.8, 4) is 0 Å². The molecule has 7 heteroatoms. The quantitative estimate of drug-likeness (QED) is 0.754. The molecule has 1 aliphatic rings. The van der Waals surface area contributed by atoms with Gasteiger partial charge in [0.15, 0.2) is 0 Å². The van der Waals surface area contributed by atoms with E-state index in [1.54, 1.807) is 20.8 Å². The first-order valence-electron chi connectivity index (χ1n) is 8.42. The van der Waals surface area contributed by atoms with Gasteiger partial charge in [0.25, 0.3) is 0 Å². The summed E-state index contributed by atoms with van der Waals surface area (Å²) in [4.78, 5) is 25.3. The highest BCUT2D eigenvalue weighted by Gasteiger charge is 2.39. The maximum atomic E-state index is 12.7. The van der Waals surface area contributed by atoms with Crippen LogP contribution in [0.5, 0.6) is 0 Å². The van der Waals surface area contributed by atoms with Crippen molar-refractivity contribution in [3.05, 3.63) is 47.5 Å². The van der Waals surface area contributed by atoms with Crippen LogP contribution in [0.15, 0.2) is 42.0 Å². The molecule has 0 unspecified atom stereocenters. The fraction of sp³-hybridized carbons (Fsp3) is 0.474. The van der Waals surface area contributed by atoms with Crippen molar-refractivity contribution in [2.45, 2.75) is 57.6 Å². The number of hydrogen-bond acceptors (Lipinski definition) is 5. The SMILES string of the molecule is CC(C)(C)OC(=O)N(Cc1ccccc1)[C@@H]1C=C(C(=O)O)C[C@@H](O)[C@H]1O. The number of carbonyl (C=O) groups is 2. The van der Waals surface area contributed by atoms with Crippen molar-refractivity contribution < 1.29 is 29.6 Å². The van der Waals surface area contributed by atoms with Crippen molar-refractivity contribution in [1.29, 1.82) is 0 Å².